The van der Waals surface area contributed by atoms with Crippen LogP contribution >= 0.6 is 0 Å². The average molecular weight is 534 g/mol. The van der Waals surface area contributed by atoms with Crippen LogP contribution in [-0.4, -0.2) is 72.8 Å². The van der Waals surface area contributed by atoms with Crippen molar-refractivity contribution in [3.63, 3.8) is 0 Å². The van der Waals surface area contributed by atoms with Gasteiger partial charge in [-0.1, -0.05) is 26.8 Å². The Morgan fingerprint density at radius 1 is 1.24 bits per heavy atom. The molecule has 1 unspecified atom stereocenters. The van der Waals surface area contributed by atoms with E-state index in [-0.39, 0.29) is 35.6 Å². The number of fused-ring (bicyclic) bond motifs is 2. The van der Waals surface area contributed by atoms with E-state index in [0.29, 0.717) is 13.0 Å². The molecule has 0 spiro atoms. The van der Waals surface area contributed by atoms with Gasteiger partial charge in [-0.15, -0.1) is 0 Å². The van der Waals surface area contributed by atoms with Crippen molar-refractivity contribution < 1.29 is 37.8 Å². The number of cyclic esters (lactones) is 1. The summed E-state index contributed by atoms with van der Waals surface area (Å²) in [7, 11) is 1.30. The molecule has 11 heteroatoms. The van der Waals surface area contributed by atoms with Crippen LogP contribution in [0.5, 0.6) is 5.75 Å². The number of carbonyl (C=O) groups excluding carboxylic acids is 4. The van der Waals surface area contributed by atoms with E-state index in [1.807, 2.05) is 0 Å². The molecular weight excluding hydrogens is 497 g/mol. The highest BCUT2D eigenvalue weighted by Crippen LogP contribution is 2.44. The van der Waals surface area contributed by atoms with Crippen molar-refractivity contribution in [2.24, 2.45) is 11.3 Å². The number of nitrogens with one attached hydrogen (secondary N) is 2. The lowest BCUT2D eigenvalue weighted by molar-refractivity contribution is -0.165. The van der Waals surface area contributed by atoms with Crippen LogP contribution in [0.1, 0.15) is 63.7 Å². The SMILES string of the molecule is CCO[C@@H]1OC(=O)CC1NC(=O)[C@@H]1[C@H]2CC[C@@H](C2)N1C(=O)[C@@H](NC(=O)c1cccc(OC)c1F)C(C)(C)C. The predicted molar refractivity (Wildman–Crippen MR) is 133 cm³/mol. The van der Waals surface area contributed by atoms with E-state index >= 15 is 0 Å². The standard InChI is InChI=1S/C27H36FN3O7/c1-6-37-26-17(13-19(32)38-26)29-24(34)21-14-10-11-15(12-14)31(21)25(35)22(27(2,3)4)30-23(33)16-8-7-9-18(36-5)20(16)28/h7-9,14-15,17,21-22,26H,6,10-13H2,1-5H3,(H,29,34)(H,30,33)/t14-,15-,17?,21-,22+,26+/m0/s1. The van der Waals surface area contributed by atoms with Gasteiger partial charge in [0.25, 0.3) is 5.91 Å². The number of ether oxygens (including phenoxy) is 3. The number of hydrogen-bond donors (Lipinski definition) is 2. The number of amides is 3. The molecule has 38 heavy (non-hydrogen) atoms. The van der Waals surface area contributed by atoms with E-state index in [1.54, 1.807) is 32.6 Å². The van der Waals surface area contributed by atoms with Crippen LogP contribution in [0.2, 0.25) is 0 Å². The van der Waals surface area contributed by atoms with Crippen LogP contribution in [0.4, 0.5) is 4.39 Å². The lowest BCUT2D eigenvalue weighted by atomic mass is 9.84. The molecule has 1 aromatic rings. The maximum atomic E-state index is 14.8. The summed E-state index contributed by atoms with van der Waals surface area (Å²) in [5.74, 6) is -2.93. The average Bonchev–Trinajstić information content (AvgIpc) is 3.56. The summed E-state index contributed by atoms with van der Waals surface area (Å²) in [6.45, 7) is 7.48. The van der Waals surface area contributed by atoms with Crippen LogP contribution in [0, 0.1) is 17.2 Å². The molecule has 4 rings (SSSR count). The number of methoxy groups -OCH3 is 1. The molecule has 208 valence electrons. The maximum absolute atomic E-state index is 14.8. The van der Waals surface area contributed by atoms with Crippen molar-refractivity contribution in [1.29, 1.82) is 0 Å². The van der Waals surface area contributed by atoms with Crippen LogP contribution in [-0.2, 0) is 23.9 Å². The first-order chi connectivity index (χ1) is 18.0. The molecule has 2 bridgehead atoms. The fourth-order valence-corrected chi connectivity index (χ4v) is 5.73. The lowest BCUT2D eigenvalue weighted by Gasteiger charge is -2.40. The molecule has 2 aliphatic heterocycles. The molecule has 2 saturated heterocycles. The van der Waals surface area contributed by atoms with Gasteiger partial charge in [0, 0.05) is 12.6 Å². The summed E-state index contributed by atoms with van der Waals surface area (Å²) < 4.78 is 30.4. The van der Waals surface area contributed by atoms with Crippen molar-refractivity contribution in [3.8, 4) is 5.75 Å². The second kappa shape index (κ2) is 10.9. The van der Waals surface area contributed by atoms with Gasteiger partial charge in [-0.2, -0.15) is 0 Å². The Labute approximate surface area is 221 Å². The molecule has 3 aliphatic rings. The molecule has 2 heterocycles. The number of likely N-dealkylation sites (tertiary alicyclic amines) is 1. The van der Waals surface area contributed by atoms with Crippen molar-refractivity contribution in [3.05, 3.63) is 29.6 Å². The molecule has 10 nitrogen and oxygen atoms in total. The zero-order chi connectivity index (χ0) is 27.8. The van der Waals surface area contributed by atoms with Crippen LogP contribution < -0.4 is 15.4 Å². The molecule has 1 aliphatic carbocycles. The number of benzene rings is 1. The number of carbonyl (C=O) groups is 4. The molecule has 0 aromatic heterocycles. The zero-order valence-electron chi connectivity index (χ0n) is 22.4. The van der Waals surface area contributed by atoms with Crippen LogP contribution in [0.25, 0.3) is 0 Å². The Morgan fingerprint density at radius 3 is 2.63 bits per heavy atom. The summed E-state index contributed by atoms with van der Waals surface area (Å²) in [6, 6.07) is 1.64. The second-order valence-corrected chi connectivity index (χ2v) is 11.1. The molecular formula is C27H36FN3O7. The quantitative estimate of drug-likeness (QED) is 0.491. The van der Waals surface area contributed by atoms with E-state index in [9.17, 15) is 23.6 Å². The van der Waals surface area contributed by atoms with Crippen molar-refractivity contribution in [2.75, 3.05) is 13.7 Å². The summed E-state index contributed by atoms with van der Waals surface area (Å²) in [6.07, 6.45) is 1.33. The Kier molecular flexibility index (Phi) is 7.96. The van der Waals surface area contributed by atoms with E-state index in [0.717, 1.165) is 12.8 Å². The normalized spacial score (nSPS) is 27.2. The fraction of sp³-hybridized carbons (Fsp3) is 0.630. The summed E-state index contributed by atoms with van der Waals surface area (Å²) in [4.78, 5) is 54.1. The maximum Gasteiger partial charge on any atom is 0.310 e. The van der Waals surface area contributed by atoms with Crippen LogP contribution in [0.15, 0.2) is 18.2 Å². The number of esters is 1. The minimum Gasteiger partial charge on any atom is -0.494 e. The van der Waals surface area contributed by atoms with Gasteiger partial charge in [0.15, 0.2) is 11.6 Å². The van der Waals surface area contributed by atoms with Gasteiger partial charge < -0.3 is 29.7 Å². The summed E-state index contributed by atoms with van der Waals surface area (Å²) in [5.41, 5.74) is -0.979. The Hall–Kier alpha value is -3.21. The van der Waals surface area contributed by atoms with E-state index < -0.39 is 53.4 Å². The zero-order valence-corrected chi connectivity index (χ0v) is 22.4. The third-order valence-corrected chi connectivity index (χ3v) is 7.55. The number of rotatable bonds is 8. The van der Waals surface area contributed by atoms with E-state index in [2.05, 4.69) is 10.6 Å². The number of hydrogen-bond acceptors (Lipinski definition) is 7. The van der Waals surface area contributed by atoms with Gasteiger partial charge >= 0.3 is 5.97 Å². The predicted octanol–water partition coefficient (Wildman–Crippen LogP) is 2.15. The molecule has 3 fully saturated rings. The van der Waals surface area contributed by atoms with Gasteiger partial charge in [0.05, 0.1) is 19.1 Å². The Bertz CT molecular complexity index is 1100. The van der Waals surface area contributed by atoms with Crippen molar-refractivity contribution in [2.45, 2.75) is 83.8 Å². The highest BCUT2D eigenvalue weighted by molar-refractivity contribution is 5.99. The minimum absolute atomic E-state index is 0.0159. The van der Waals surface area contributed by atoms with Gasteiger partial charge in [-0.3, -0.25) is 19.2 Å². The third kappa shape index (κ3) is 5.34. The fourth-order valence-electron chi connectivity index (χ4n) is 5.73. The van der Waals surface area contributed by atoms with Gasteiger partial charge in [-0.25, -0.2) is 4.39 Å². The van der Waals surface area contributed by atoms with Crippen molar-refractivity contribution in [1.82, 2.24) is 15.5 Å². The molecule has 0 radical (unpaired) electrons. The highest BCUT2D eigenvalue weighted by atomic mass is 19.1. The summed E-state index contributed by atoms with van der Waals surface area (Å²) in [5, 5.41) is 5.59. The summed E-state index contributed by atoms with van der Waals surface area (Å²) >= 11 is 0. The topological polar surface area (TPSA) is 123 Å². The third-order valence-electron chi connectivity index (χ3n) is 7.55. The number of halogens is 1. The van der Waals surface area contributed by atoms with Crippen molar-refractivity contribution >= 4 is 23.7 Å². The molecule has 2 N–H and O–H groups in total. The second-order valence-electron chi connectivity index (χ2n) is 11.1. The van der Waals surface area contributed by atoms with Gasteiger partial charge in [0.2, 0.25) is 18.1 Å². The first kappa shape index (κ1) is 27.8. The highest BCUT2D eigenvalue weighted by Gasteiger charge is 2.54. The largest absolute Gasteiger partial charge is 0.494 e. The number of piperidine rings is 1. The van der Waals surface area contributed by atoms with E-state index in [4.69, 9.17) is 14.2 Å². The van der Waals surface area contributed by atoms with Gasteiger partial charge in [-0.05, 0) is 49.7 Å². The van der Waals surface area contributed by atoms with Gasteiger partial charge in [0.1, 0.15) is 18.1 Å². The smallest absolute Gasteiger partial charge is 0.310 e. The van der Waals surface area contributed by atoms with E-state index in [1.165, 1.54) is 25.3 Å². The molecule has 1 saturated carbocycles. The molecule has 3 amide bonds. The first-order valence-electron chi connectivity index (χ1n) is 13.0. The number of nitrogens with zero attached hydrogens (tertiary/aromatic N) is 1. The van der Waals surface area contributed by atoms with Crippen LogP contribution in [0.3, 0.4) is 0 Å². The Balaban J connectivity index is 1.56. The minimum atomic E-state index is -1.03. The monoisotopic (exact) mass is 533 g/mol. The first-order valence-corrected chi connectivity index (χ1v) is 13.0. The lowest BCUT2D eigenvalue weighted by Crippen LogP contribution is -2.62. The Morgan fingerprint density at radius 2 is 1.97 bits per heavy atom. The molecule has 6 atom stereocenters. The molecule has 1 aromatic carbocycles.